The first-order chi connectivity index (χ1) is 16.0. The van der Waals surface area contributed by atoms with Gasteiger partial charge in [-0.2, -0.15) is 0 Å². The van der Waals surface area contributed by atoms with Crippen LogP contribution in [0.2, 0.25) is 4.34 Å². The lowest BCUT2D eigenvalue weighted by Crippen LogP contribution is -2.35. The first kappa shape index (κ1) is 22.1. The van der Waals surface area contributed by atoms with Gasteiger partial charge in [-0.15, -0.1) is 22.7 Å². The molecule has 3 heterocycles. The molecule has 1 aliphatic rings. The number of rotatable bonds is 5. The number of nitrogens with zero attached hydrogens (tertiary/aromatic N) is 1. The number of nitrogens with one attached hydrogen (secondary N) is 1. The number of thiophene rings is 1. The van der Waals surface area contributed by atoms with Gasteiger partial charge in [0.05, 0.1) is 21.1 Å². The number of nitrogen functional groups attached to an aromatic ring is 1. The summed E-state index contributed by atoms with van der Waals surface area (Å²) in [6.07, 6.45) is 3.60. The maximum atomic E-state index is 13.0. The topological polar surface area (TPSA) is 77.2 Å². The normalized spacial score (nSPS) is 15.3. The molecule has 33 heavy (non-hydrogen) atoms. The minimum atomic E-state index is -0.204. The van der Waals surface area contributed by atoms with E-state index in [1.807, 2.05) is 60.1 Å². The number of thiazole rings is 1. The Kier molecular flexibility index (Phi) is 6.21. The Hall–Kier alpha value is -2.71. The molecule has 0 unspecified atom stereocenters. The lowest BCUT2D eigenvalue weighted by Gasteiger charge is -2.36. The molecule has 3 N–H and O–H groups in total. The predicted molar refractivity (Wildman–Crippen MR) is 137 cm³/mol. The molecule has 0 aliphatic carbocycles. The molecule has 1 amide bonds. The molecule has 1 aliphatic heterocycles. The number of aromatic nitrogens is 1. The number of hydrogen-bond acceptors (Lipinski definition) is 6. The zero-order chi connectivity index (χ0) is 22.8. The van der Waals surface area contributed by atoms with Gasteiger partial charge in [0.25, 0.3) is 5.91 Å². The Balaban J connectivity index is 1.38. The summed E-state index contributed by atoms with van der Waals surface area (Å²) in [5, 5.41) is 6.07. The van der Waals surface area contributed by atoms with E-state index in [0.29, 0.717) is 34.5 Å². The molecule has 2 aromatic heterocycles. The summed E-state index contributed by atoms with van der Waals surface area (Å²) in [5.74, 6) is -0.204. The van der Waals surface area contributed by atoms with Gasteiger partial charge in [0, 0.05) is 35.2 Å². The average molecular weight is 496 g/mol. The van der Waals surface area contributed by atoms with Gasteiger partial charge >= 0.3 is 0 Å². The third kappa shape index (κ3) is 4.42. The first-order valence-electron chi connectivity index (χ1n) is 10.6. The van der Waals surface area contributed by atoms with Crippen LogP contribution in [0.4, 0.5) is 11.4 Å². The minimum Gasteiger partial charge on any atom is -0.397 e. The summed E-state index contributed by atoms with van der Waals surface area (Å²) < 4.78 is 6.34. The summed E-state index contributed by atoms with van der Waals surface area (Å²) >= 11 is 9.22. The largest absolute Gasteiger partial charge is 0.397 e. The first-order valence-corrected chi connectivity index (χ1v) is 12.7. The lowest BCUT2D eigenvalue weighted by atomic mass is 9.74. The van der Waals surface area contributed by atoms with E-state index < -0.39 is 0 Å². The molecule has 1 fully saturated rings. The molecule has 168 valence electrons. The third-order valence-corrected chi connectivity index (χ3v) is 8.30. The van der Waals surface area contributed by atoms with Gasteiger partial charge in [-0.1, -0.05) is 29.8 Å². The maximum Gasteiger partial charge on any atom is 0.255 e. The maximum absolute atomic E-state index is 13.0. The Morgan fingerprint density at radius 2 is 1.88 bits per heavy atom. The number of carbonyl (C=O) groups excluding carboxylic acids is 1. The van der Waals surface area contributed by atoms with E-state index >= 15 is 0 Å². The molecule has 5 nitrogen and oxygen atoms in total. The average Bonchev–Trinajstić information content (AvgIpc) is 3.54. The van der Waals surface area contributed by atoms with Gasteiger partial charge in [-0.3, -0.25) is 4.79 Å². The second-order valence-corrected chi connectivity index (χ2v) is 10.6. The van der Waals surface area contributed by atoms with Crippen molar-refractivity contribution < 1.29 is 9.53 Å². The molecule has 0 spiro atoms. The monoisotopic (exact) mass is 495 g/mol. The third-order valence-electron chi connectivity index (χ3n) is 6.05. The number of ether oxygens (including phenoxy) is 1. The number of nitrogens with two attached hydrogens (primary N) is 1. The molecular weight excluding hydrogens is 474 g/mol. The molecule has 8 heteroatoms. The van der Waals surface area contributed by atoms with Crippen LogP contribution in [0.25, 0.3) is 10.4 Å². The zero-order valence-electron chi connectivity index (χ0n) is 17.7. The van der Waals surface area contributed by atoms with E-state index in [0.717, 1.165) is 33.9 Å². The van der Waals surface area contributed by atoms with Gasteiger partial charge in [0.1, 0.15) is 5.01 Å². The summed E-state index contributed by atoms with van der Waals surface area (Å²) in [7, 11) is 0. The number of hydrogen-bond donors (Lipinski definition) is 2. The van der Waals surface area contributed by atoms with E-state index in [2.05, 4.69) is 10.3 Å². The number of benzene rings is 2. The Labute approximate surface area is 205 Å². The van der Waals surface area contributed by atoms with Crippen LogP contribution in [-0.4, -0.2) is 24.1 Å². The van der Waals surface area contributed by atoms with Crippen LogP contribution in [-0.2, 0) is 10.2 Å². The number of anilines is 2. The van der Waals surface area contributed by atoms with E-state index in [1.54, 1.807) is 17.4 Å². The van der Waals surface area contributed by atoms with Crippen LogP contribution in [0.1, 0.15) is 33.8 Å². The van der Waals surface area contributed by atoms with E-state index in [-0.39, 0.29) is 11.3 Å². The van der Waals surface area contributed by atoms with Gasteiger partial charge in [-0.25, -0.2) is 4.98 Å². The second-order valence-electron chi connectivity index (χ2n) is 7.97. The molecule has 0 saturated carbocycles. The molecule has 4 aromatic rings. The van der Waals surface area contributed by atoms with Crippen LogP contribution in [0.15, 0.2) is 66.2 Å². The molecule has 2 aromatic carbocycles. The van der Waals surface area contributed by atoms with Crippen LogP contribution in [0.3, 0.4) is 0 Å². The van der Waals surface area contributed by atoms with Gasteiger partial charge in [0.15, 0.2) is 0 Å². The van der Waals surface area contributed by atoms with Crippen LogP contribution >= 0.6 is 34.3 Å². The highest BCUT2D eigenvalue weighted by molar-refractivity contribution is 7.19. The van der Waals surface area contributed by atoms with Gasteiger partial charge in [-0.05, 0) is 60.4 Å². The van der Waals surface area contributed by atoms with Crippen molar-refractivity contribution in [3.63, 3.8) is 0 Å². The van der Waals surface area contributed by atoms with Crippen molar-refractivity contribution >= 4 is 51.6 Å². The van der Waals surface area contributed by atoms with Crippen molar-refractivity contribution in [2.75, 3.05) is 24.3 Å². The minimum absolute atomic E-state index is 0.165. The highest BCUT2D eigenvalue weighted by Gasteiger charge is 2.38. The van der Waals surface area contributed by atoms with Crippen molar-refractivity contribution in [3.05, 3.63) is 86.6 Å². The van der Waals surface area contributed by atoms with E-state index in [9.17, 15) is 4.79 Å². The highest BCUT2D eigenvalue weighted by atomic mass is 35.5. The zero-order valence-corrected chi connectivity index (χ0v) is 20.1. The van der Waals surface area contributed by atoms with Crippen LogP contribution in [0, 0.1) is 0 Å². The standard InChI is InChI=1S/C25H22ClN3O2S2/c26-22-8-7-21(33-22)17-3-6-19(27)20(15-17)29-23(30)16-1-4-18(5-2-16)25(9-12-31-13-10-25)24-28-11-14-32-24/h1-8,11,14-15H,9-10,12-13,27H2,(H,29,30). The van der Waals surface area contributed by atoms with Gasteiger partial charge in [0.2, 0.25) is 0 Å². The quantitative estimate of drug-likeness (QED) is 0.311. The smallest absolute Gasteiger partial charge is 0.255 e. The SMILES string of the molecule is Nc1ccc(-c2ccc(Cl)s2)cc1NC(=O)c1ccc(C2(c3nccs3)CCOCC2)cc1. The lowest BCUT2D eigenvalue weighted by molar-refractivity contribution is 0.0630. The molecule has 0 bridgehead atoms. The highest BCUT2D eigenvalue weighted by Crippen LogP contribution is 2.42. The summed E-state index contributed by atoms with van der Waals surface area (Å²) in [5.41, 5.74) is 9.75. The second kappa shape index (κ2) is 9.27. The van der Waals surface area contributed by atoms with E-state index in [4.69, 9.17) is 22.1 Å². The fourth-order valence-corrected chi connectivity index (χ4v) is 6.19. The van der Waals surface area contributed by atoms with Crippen molar-refractivity contribution in [2.45, 2.75) is 18.3 Å². The summed E-state index contributed by atoms with van der Waals surface area (Å²) in [6, 6.07) is 17.2. The van der Waals surface area contributed by atoms with Crippen molar-refractivity contribution in [2.24, 2.45) is 0 Å². The summed E-state index contributed by atoms with van der Waals surface area (Å²) in [6.45, 7) is 1.40. The predicted octanol–water partition coefficient (Wildman–Crippen LogP) is 6.46. The summed E-state index contributed by atoms with van der Waals surface area (Å²) in [4.78, 5) is 18.6. The van der Waals surface area contributed by atoms with E-state index in [1.165, 1.54) is 11.3 Å². The molecule has 0 radical (unpaired) electrons. The molecular formula is C25H22ClN3O2S2. The van der Waals surface area contributed by atoms with Crippen LogP contribution < -0.4 is 11.1 Å². The Morgan fingerprint density at radius 1 is 1.09 bits per heavy atom. The fourth-order valence-electron chi connectivity index (χ4n) is 4.23. The van der Waals surface area contributed by atoms with Crippen molar-refractivity contribution in [3.8, 4) is 10.4 Å². The Bertz CT molecular complexity index is 1260. The Morgan fingerprint density at radius 3 is 2.55 bits per heavy atom. The fraction of sp³-hybridized carbons (Fsp3) is 0.200. The van der Waals surface area contributed by atoms with Crippen molar-refractivity contribution in [1.82, 2.24) is 4.98 Å². The number of amides is 1. The van der Waals surface area contributed by atoms with Crippen molar-refractivity contribution in [1.29, 1.82) is 0 Å². The number of halogens is 1. The molecule has 5 rings (SSSR count). The van der Waals surface area contributed by atoms with Crippen LogP contribution in [0.5, 0.6) is 0 Å². The molecule has 0 atom stereocenters. The van der Waals surface area contributed by atoms with Gasteiger partial charge < -0.3 is 15.8 Å². The molecule has 1 saturated heterocycles. The number of carbonyl (C=O) groups is 1.